The third-order valence-corrected chi connectivity index (χ3v) is 5.44. The van der Waals surface area contributed by atoms with Crippen LogP contribution in [0.2, 0.25) is 0 Å². The molecule has 32 heavy (non-hydrogen) atoms. The molecular weight excluding hydrogens is 430 g/mol. The Morgan fingerprint density at radius 2 is 1.59 bits per heavy atom. The van der Waals surface area contributed by atoms with Crippen molar-refractivity contribution in [1.82, 2.24) is 10.2 Å². The first-order chi connectivity index (χ1) is 15.5. The molecule has 4 rings (SSSR count). The SMILES string of the molecule is COC(=O)c1ccc(-c2nnc(-c3cccc(N(c4ccc(C)cc4)S(=O)[O-])c3)o2)cc1. The molecular formula is C23H18N3O5S-. The highest BCUT2D eigenvalue weighted by Crippen LogP contribution is 2.31. The number of benzene rings is 3. The number of aromatic nitrogens is 2. The molecule has 0 bridgehead atoms. The Bertz CT molecular complexity index is 1270. The van der Waals surface area contributed by atoms with E-state index in [0.717, 1.165) is 5.56 Å². The van der Waals surface area contributed by atoms with Crippen molar-refractivity contribution in [3.8, 4) is 22.9 Å². The van der Waals surface area contributed by atoms with E-state index in [-0.39, 0.29) is 11.8 Å². The van der Waals surface area contributed by atoms with Gasteiger partial charge in [-0.2, -0.15) is 0 Å². The van der Waals surface area contributed by atoms with Crippen LogP contribution in [0.5, 0.6) is 0 Å². The number of nitrogens with zero attached hydrogens (tertiary/aromatic N) is 3. The summed E-state index contributed by atoms with van der Waals surface area (Å²) in [6, 6.07) is 20.5. The van der Waals surface area contributed by atoms with Gasteiger partial charge >= 0.3 is 5.97 Å². The molecule has 4 aromatic rings. The second-order valence-electron chi connectivity index (χ2n) is 6.88. The van der Waals surface area contributed by atoms with Gasteiger partial charge in [0.15, 0.2) is 0 Å². The summed E-state index contributed by atoms with van der Waals surface area (Å²) < 4.78 is 35.6. The Hall–Kier alpha value is -3.82. The van der Waals surface area contributed by atoms with Gasteiger partial charge in [-0.15, -0.1) is 10.2 Å². The summed E-state index contributed by atoms with van der Waals surface area (Å²) in [5.41, 5.74) is 3.58. The summed E-state index contributed by atoms with van der Waals surface area (Å²) in [6.45, 7) is 1.93. The van der Waals surface area contributed by atoms with E-state index in [1.165, 1.54) is 11.4 Å². The van der Waals surface area contributed by atoms with Crippen LogP contribution in [0.4, 0.5) is 11.4 Å². The van der Waals surface area contributed by atoms with Crippen LogP contribution in [0.25, 0.3) is 22.9 Å². The van der Waals surface area contributed by atoms with Crippen molar-refractivity contribution in [2.75, 3.05) is 11.4 Å². The monoisotopic (exact) mass is 448 g/mol. The fraction of sp³-hybridized carbons (Fsp3) is 0.0870. The summed E-state index contributed by atoms with van der Waals surface area (Å²) in [5, 5.41) is 8.15. The molecule has 0 aliphatic carbocycles. The fourth-order valence-electron chi connectivity index (χ4n) is 3.09. The summed E-state index contributed by atoms with van der Waals surface area (Å²) >= 11 is -2.53. The lowest BCUT2D eigenvalue weighted by molar-refractivity contribution is 0.0600. The van der Waals surface area contributed by atoms with Crippen molar-refractivity contribution < 1.29 is 22.7 Å². The molecule has 162 valence electrons. The molecule has 0 spiro atoms. The van der Waals surface area contributed by atoms with Crippen molar-refractivity contribution in [1.29, 1.82) is 0 Å². The number of hydrogen-bond donors (Lipinski definition) is 0. The molecule has 0 radical (unpaired) electrons. The maximum atomic E-state index is 12.0. The van der Waals surface area contributed by atoms with Crippen LogP contribution in [0, 0.1) is 6.92 Å². The van der Waals surface area contributed by atoms with Crippen molar-refractivity contribution in [3.63, 3.8) is 0 Å². The Morgan fingerprint density at radius 3 is 2.22 bits per heavy atom. The van der Waals surface area contributed by atoms with Crippen LogP contribution in [0.15, 0.2) is 77.2 Å². The van der Waals surface area contributed by atoms with Gasteiger partial charge in [-0.25, -0.2) is 4.79 Å². The molecule has 8 nitrogen and oxygen atoms in total. The van der Waals surface area contributed by atoms with Crippen LogP contribution >= 0.6 is 0 Å². The van der Waals surface area contributed by atoms with E-state index < -0.39 is 17.2 Å². The van der Waals surface area contributed by atoms with E-state index in [9.17, 15) is 13.6 Å². The van der Waals surface area contributed by atoms with Gasteiger partial charge in [0, 0.05) is 11.1 Å². The molecule has 1 aromatic heterocycles. The lowest BCUT2D eigenvalue weighted by Gasteiger charge is -2.26. The highest BCUT2D eigenvalue weighted by molar-refractivity contribution is 7.81. The molecule has 1 heterocycles. The first-order valence-corrected chi connectivity index (χ1v) is 10.6. The van der Waals surface area contributed by atoms with E-state index >= 15 is 0 Å². The average Bonchev–Trinajstić information content (AvgIpc) is 3.30. The van der Waals surface area contributed by atoms with Gasteiger partial charge in [-0.3, -0.25) is 8.51 Å². The van der Waals surface area contributed by atoms with Crippen LogP contribution in [-0.2, 0) is 16.0 Å². The van der Waals surface area contributed by atoms with Crippen molar-refractivity contribution in [2.24, 2.45) is 0 Å². The van der Waals surface area contributed by atoms with E-state index in [0.29, 0.717) is 28.1 Å². The first-order valence-electron chi connectivity index (χ1n) is 9.55. The number of methoxy groups -OCH3 is 1. The first kappa shape index (κ1) is 21.4. The molecule has 0 amide bonds. The average molecular weight is 448 g/mol. The molecule has 0 fully saturated rings. The van der Waals surface area contributed by atoms with Crippen LogP contribution < -0.4 is 4.31 Å². The van der Waals surface area contributed by atoms with Crippen molar-refractivity contribution >= 4 is 28.6 Å². The van der Waals surface area contributed by atoms with Crippen molar-refractivity contribution in [3.05, 3.63) is 83.9 Å². The lowest BCUT2D eigenvalue weighted by atomic mass is 10.1. The van der Waals surface area contributed by atoms with Gasteiger partial charge in [0.1, 0.15) is 0 Å². The largest absolute Gasteiger partial charge is 0.755 e. The molecule has 0 saturated carbocycles. The van der Waals surface area contributed by atoms with E-state index in [2.05, 4.69) is 10.2 Å². The number of aryl methyl sites for hydroxylation is 1. The third kappa shape index (κ3) is 4.43. The maximum Gasteiger partial charge on any atom is 0.337 e. The predicted molar refractivity (Wildman–Crippen MR) is 119 cm³/mol. The number of esters is 1. The number of hydrogen-bond acceptors (Lipinski definition) is 7. The molecule has 0 saturated heterocycles. The summed E-state index contributed by atoms with van der Waals surface area (Å²) in [4.78, 5) is 11.6. The van der Waals surface area contributed by atoms with E-state index in [1.807, 2.05) is 19.1 Å². The Labute approximate surface area is 186 Å². The standard InChI is InChI=1S/C23H19N3O5S/c1-15-6-12-19(13-7-15)26(32(28)29)20-5-3-4-18(14-20)22-25-24-21(31-22)16-8-10-17(11-9-16)23(27)30-2/h3-14H,1-2H3,(H,28,29)/p-1. The van der Waals surface area contributed by atoms with E-state index in [1.54, 1.807) is 60.7 Å². The third-order valence-electron chi connectivity index (χ3n) is 4.72. The molecule has 3 aromatic carbocycles. The fourth-order valence-corrected chi connectivity index (χ4v) is 3.67. The zero-order chi connectivity index (χ0) is 22.7. The van der Waals surface area contributed by atoms with Crippen LogP contribution in [0.3, 0.4) is 0 Å². The summed E-state index contributed by atoms with van der Waals surface area (Å²) in [6.07, 6.45) is 0. The second kappa shape index (κ2) is 9.13. The Kier molecular flexibility index (Phi) is 6.11. The van der Waals surface area contributed by atoms with Gasteiger partial charge in [-0.1, -0.05) is 23.8 Å². The zero-order valence-corrected chi connectivity index (χ0v) is 18.0. The molecule has 9 heteroatoms. The molecule has 1 unspecified atom stereocenters. The van der Waals surface area contributed by atoms with Gasteiger partial charge in [0.05, 0.1) is 35.3 Å². The zero-order valence-electron chi connectivity index (χ0n) is 17.2. The predicted octanol–water partition coefficient (Wildman–Crippen LogP) is 4.43. The minimum atomic E-state index is -2.53. The molecule has 0 N–H and O–H groups in total. The minimum absolute atomic E-state index is 0.236. The van der Waals surface area contributed by atoms with Gasteiger partial charge in [0.25, 0.3) is 0 Å². The maximum absolute atomic E-state index is 12.0. The molecule has 0 aliphatic heterocycles. The number of anilines is 2. The van der Waals surface area contributed by atoms with Crippen molar-refractivity contribution in [2.45, 2.75) is 6.92 Å². The summed E-state index contributed by atoms with van der Waals surface area (Å²) in [5.74, 6) is 0.0671. The summed E-state index contributed by atoms with van der Waals surface area (Å²) in [7, 11) is 1.32. The highest BCUT2D eigenvalue weighted by atomic mass is 32.2. The van der Waals surface area contributed by atoms with Gasteiger partial charge in [-0.05, 0) is 61.5 Å². The number of ether oxygens (including phenoxy) is 1. The lowest BCUT2D eigenvalue weighted by Crippen LogP contribution is -2.19. The number of carbonyl (C=O) groups is 1. The van der Waals surface area contributed by atoms with Gasteiger partial charge < -0.3 is 13.7 Å². The molecule has 0 aliphatic rings. The number of rotatable bonds is 6. The topological polar surface area (TPSA) is 109 Å². The van der Waals surface area contributed by atoms with E-state index in [4.69, 9.17) is 9.15 Å². The number of carbonyl (C=O) groups excluding carboxylic acids is 1. The second-order valence-corrected chi connectivity index (χ2v) is 7.68. The smallest absolute Gasteiger partial charge is 0.337 e. The highest BCUT2D eigenvalue weighted by Gasteiger charge is 2.15. The Morgan fingerprint density at radius 1 is 0.938 bits per heavy atom. The quantitative estimate of drug-likeness (QED) is 0.317. The minimum Gasteiger partial charge on any atom is -0.755 e. The Balaban J connectivity index is 1.64. The normalized spacial score (nSPS) is 11.7. The van der Waals surface area contributed by atoms with Crippen LogP contribution in [0.1, 0.15) is 15.9 Å². The van der Waals surface area contributed by atoms with Crippen LogP contribution in [-0.4, -0.2) is 32.0 Å². The van der Waals surface area contributed by atoms with Gasteiger partial charge in [0.2, 0.25) is 11.8 Å². The molecule has 1 atom stereocenters.